The molecule has 1 aliphatic heterocycles. The van der Waals surface area contributed by atoms with Crippen molar-refractivity contribution in [3.05, 3.63) is 88.7 Å². The van der Waals surface area contributed by atoms with E-state index in [0.717, 1.165) is 33.9 Å². The molecule has 0 unspecified atom stereocenters. The van der Waals surface area contributed by atoms with Crippen molar-refractivity contribution in [2.45, 2.75) is 32.7 Å². The average molecular weight is 460 g/mol. The van der Waals surface area contributed by atoms with Gasteiger partial charge in [-0.25, -0.2) is 4.98 Å². The Morgan fingerprint density at radius 2 is 1.85 bits per heavy atom. The molecule has 2 heterocycles. The van der Waals surface area contributed by atoms with Gasteiger partial charge >= 0.3 is 0 Å². The van der Waals surface area contributed by atoms with Crippen LogP contribution >= 0.6 is 11.6 Å². The van der Waals surface area contributed by atoms with Crippen molar-refractivity contribution >= 4 is 34.2 Å². The van der Waals surface area contributed by atoms with E-state index < -0.39 is 0 Å². The molecule has 0 aliphatic carbocycles. The van der Waals surface area contributed by atoms with Gasteiger partial charge in [-0.2, -0.15) is 0 Å². The molecule has 1 aliphatic rings. The summed E-state index contributed by atoms with van der Waals surface area (Å²) in [4.78, 5) is 19.9. The van der Waals surface area contributed by atoms with Crippen molar-refractivity contribution in [2.75, 3.05) is 18.1 Å². The first-order valence-corrected chi connectivity index (χ1v) is 11.6. The zero-order valence-corrected chi connectivity index (χ0v) is 19.5. The van der Waals surface area contributed by atoms with Gasteiger partial charge in [-0.05, 0) is 61.9 Å². The molecule has 3 aromatic carbocycles. The summed E-state index contributed by atoms with van der Waals surface area (Å²) < 4.78 is 8.16. The first-order valence-electron chi connectivity index (χ1n) is 11.2. The van der Waals surface area contributed by atoms with Gasteiger partial charge in [0.25, 0.3) is 0 Å². The number of aromatic nitrogens is 2. The second-order valence-corrected chi connectivity index (χ2v) is 9.04. The smallest absolute Gasteiger partial charge is 0.227 e. The molecular weight excluding hydrogens is 434 g/mol. The molecule has 33 heavy (non-hydrogen) atoms. The number of ether oxygens (including phenoxy) is 1. The van der Waals surface area contributed by atoms with Crippen LogP contribution in [0.2, 0.25) is 5.02 Å². The maximum Gasteiger partial charge on any atom is 0.227 e. The lowest BCUT2D eigenvalue weighted by Crippen LogP contribution is -2.25. The van der Waals surface area contributed by atoms with Gasteiger partial charge in [0.1, 0.15) is 18.2 Å². The third-order valence-corrected chi connectivity index (χ3v) is 6.47. The van der Waals surface area contributed by atoms with E-state index in [1.165, 1.54) is 5.56 Å². The van der Waals surface area contributed by atoms with Crippen molar-refractivity contribution < 1.29 is 9.53 Å². The van der Waals surface area contributed by atoms with Gasteiger partial charge in [-0.1, -0.05) is 41.4 Å². The molecule has 0 bridgehead atoms. The topological polar surface area (TPSA) is 47.4 Å². The minimum atomic E-state index is 0.0288. The Bertz CT molecular complexity index is 1310. The molecule has 0 radical (unpaired) electrons. The first-order chi connectivity index (χ1) is 16.0. The van der Waals surface area contributed by atoms with Gasteiger partial charge in [0.2, 0.25) is 5.91 Å². The van der Waals surface area contributed by atoms with E-state index in [9.17, 15) is 4.79 Å². The predicted molar refractivity (Wildman–Crippen MR) is 132 cm³/mol. The van der Waals surface area contributed by atoms with Crippen LogP contribution in [0, 0.1) is 13.8 Å². The highest BCUT2D eigenvalue weighted by atomic mass is 35.5. The van der Waals surface area contributed by atoms with E-state index in [0.29, 0.717) is 31.1 Å². The van der Waals surface area contributed by atoms with Gasteiger partial charge in [-0.3, -0.25) is 4.79 Å². The number of carbonyl (C=O) groups is 1. The van der Waals surface area contributed by atoms with Crippen LogP contribution in [0.5, 0.6) is 5.75 Å². The number of aryl methyl sites for hydroxylation is 2. The van der Waals surface area contributed by atoms with Crippen molar-refractivity contribution in [1.82, 2.24) is 9.55 Å². The number of benzene rings is 3. The normalized spacial score (nSPS) is 16.0. The van der Waals surface area contributed by atoms with Crippen LogP contribution in [0.15, 0.2) is 66.7 Å². The third kappa shape index (κ3) is 4.33. The number of nitrogens with zero attached hydrogens (tertiary/aromatic N) is 3. The highest BCUT2D eigenvalue weighted by molar-refractivity contribution is 6.30. The van der Waals surface area contributed by atoms with Crippen molar-refractivity contribution in [1.29, 1.82) is 0 Å². The summed E-state index contributed by atoms with van der Waals surface area (Å²) in [5.41, 5.74) is 5.30. The van der Waals surface area contributed by atoms with Gasteiger partial charge in [0.05, 0.1) is 17.6 Å². The highest BCUT2D eigenvalue weighted by Crippen LogP contribution is 2.34. The average Bonchev–Trinajstić information content (AvgIpc) is 3.36. The zero-order chi connectivity index (χ0) is 22.9. The van der Waals surface area contributed by atoms with Crippen molar-refractivity contribution in [2.24, 2.45) is 0 Å². The summed E-state index contributed by atoms with van der Waals surface area (Å²) in [6.45, 7) is 5.90. The number of halogens is 1. The summed E-state index contributed by atoms with van der Waals surface area (Å²) in [5.74, 6) is 1.89. The number of hydrogen-bond acceptors (Lipinski definition) is 3. The number of amides is 1. The van der Waals surface area contributed by atoms with E-state index in [1.807, 2.05) is 53.4 Å². The number of rotatable bonds is 6. The molecule has 6 heteroatoms. The van der Waals surface area contributed by atoms with Crippen molar-refractivity contribution in [3.8, 4) is 5.75 Å². The van der Waals surface area contributed by atoms with Crippen LogP contribution in [0.3, 0.4) is 0 Å². The van der Waals surface area contributed by atoms with E-state index in [2.05, 4.69) is 36.6 Å². The molecule has 5 rings (SSSR count). The van der Waals surface area contributed by atoms with Gasteiger partial charge < -0.3 is 14.2 Å². The van der Waals surface area contributed by atoms with Crippen LogP contribution in [0.25, 0.3) is 11.0 Å². The molecule has 0 spiro atoms. The van der Waals surface area contributed by atoms with E-state index >= 15 is 0 Å². The van der Waals surface area contributed by atoms with Gasteiger partial charge in [0, 0.05) is 29.6 Å². The molecule has 0 saturated carbocycles. The molecule has 0 N–H and O–H groups in total. The number of anilines is 1. The lowest BCUT2D eigenvalue weighted by Gasteiger charge is -2.20. The fraction of sp³-hybridized carbons (Fsp3) is 0.259. The fourth-order valence-corrected chi connectivity index (χ4v) is 4.77. The van der Waals surface area contributed by atoms with Crippen molar-refractivity contribution in [3.63, 3.8) is 0 Å². The Balaban J connectivity index is 1.40. The van der Waals surface area contributed by atoms with Crippen LogP contribution in [0.4, 0.5) is 5.69 Å². The van der Waals surface area contributed by atoms with E-state index in [-0.39, 0.29) is 11.8 Å². The summed E-state index contributed by atoms with van der Waals surface area (Å²) in [6, 6.07) is 21.7. The second kappa shape index (κ2) is 8.91. The second-order valence-electron chi connectivity index (χ2n) is 8.61. The van der Waals surface area contributed by atoms with Gasteiger partial charge in [-0.15, -0.1) is 0 Å². The number of para-hydroxylation sites is 2. The standard InChI is InChI=1S/C27H26ClN3O2/c1-18-7-12-24(19(2)15-18)31-17-20(16-26(31)32)27-29-23-5-3-4-6-25(23)30(27)13-14-33-22-10-8-21(28)9-11-22/h3-12,15,20H,13-14,16-17H2,1-2H3/t20-/m0/s1. The van der Waals surface area contributed by atoms with Crippen LogP contribution in [-0.2, 0) is 11.3 Å². The minimum Gasteiger partial charge on any atom is -0.492 e. The SMILES string of the molecule is Cc1ccc(N2C[C@@H](c3nc4ccccc4n3CCOc3ccc(Cl)cc3)CC2=O)c(C)c1. The summed E-state index contributed by atoms with van der Waals surface area (Å²) in [6.07, 6.45) is 0.453. The monoisotopic (exact) mass is 459 g/mol. The zero-order valence-electron chi connectivity index (χ0n) is 18.8. The van der Waals surface area contributed by atoms with Crippen LogP contribution in [-0.4, -0.2) is 28.6 Å². The summed E-state index contributed by atoms with van der Waals surface area (Å²) in [7, 11) is 0. The molecule has 1 saturated heterocycles. The van der Waals surface area contributed by atoms with E-state index in [1.54, 1.807) is 0 Å². The Labute approximate surface area is 198 Å². The van der Waals surface area contributed by atoms with Gasteiger partial charge in [0.15, 0.2) is 0 Å². The Kier molecular flexibility index (Phi) is 5.81. The molecule has 1 aromatic heterocycles. The molecule has 1 amide bonds. The highest BCUT2D eigenvalue weighted by Gasteiger charge is 2.35. The Hall–Kier alpha value is -3.31. The quantitative estimate of drug-likeness (QED) is 0.360. The maximum atomic E-state index is 13.0. The lowest BCUT2D eigenvalue weighted by atomic mass is 10.1. The maximum absolute atomic E-state index is 13.0. The molecular formula is C27H26ClN3O2. The molecule has 1 atom stereocenters. The Morgan fingerprint density at radius 3 is 2.64 bits per heavy atom. The molecule has 4 aromatic rings. The van der Waals surface area contributed by atoms with Crippen LogP contribution in [0.1, 0.15) is 29.3 Å². The number of imidazole rings is 1. The predicted octanol–water partition coefficient (Wildman–Crippen LogP) is 5.91. The Morgan fingerprint density at radius 1 is 1.06 bits per heavy atom. The first kappa shape index (κ1) is 21.5. The minimum absolute atomic E-state index is 0.0288. The molecule has 5 nitrogen and oxygen atoms in total. The fourth-order valence-electron chi connectivity index (χ4n) is 4.65. The number of hydrogen-bond donors (Lipinski definition) is 0. The number of fused-ring (bicyclic) bond motifs is 1. The third-order valence-electron chi connectivity index (χ3n) is 6.21. The van der Waals surface area contributed by atoms with E-state index in [4.69, 9.17) is 21.3 Å². The molecule has 1 fully saturated rings. The lowest BCUT2D eigenvalue weighted by molar-refractivity contribution is -0.117. The summed E-state index contributed by atoms with van der Waals surface area (Å²) in [5, 5.41) is 0.685. The van der Waals surface area contributed by atoms with Crippen LogP contribution < -0.4 is 9.64 Å². The molecule has 168 valence electrons. The summed E-state index contributed by atoms with van der Waals surface area (Å²) >= 11 is 5.97. The number of carbonyl (C=O) groups excluding carboxylic acids is 1. The largest absolute Gasteiger partial charge is 0.492 e.